The Morgan fingerprint density at radius 1 is 1.44 bits per heavy atom. The molecule has 0 aliphatic carbocycles. The van der Waals surface area contributed by atoms with Gasteiger partial charge in [-0.1, -0.05) is 17.7 Å². The molecular formula is C12H13ClN2O3. The Kier molecular flexibility index (Phi) is 3.72. The van der Waals surface area contributed by atoms with E-state index in [4.69, 9.17) is 16.3 Å². The molecule has 1 fully saturated rings. The van der Waals surface area contributed by atoms with Crippen molar-refractivity contribution in [2.75, 3.05) is 13.7 Å². The molecule has 0 saturated carbocycles. The maximum Gasteiger partial charge on any atom is 0.324 e. The lowest BCUT2D eigenvalue weighted by Gasteiger charge is -2.25. The molecule has 96 valence electrons. The van der Waals surface area contributed by atoms with Crippen LogP contribution in [0.5, 0.6) is 5.75 Å². The molecule has 0 atom stereocenters. The normalized spacial score (nSPS) is 15.6. The SMILES string of the molecule is COc1ccc(CN2C(=O)CCNC2=O)cc1Cl. The molecule has 0 radical (unpaired) electrons. The summed E-state index contributed by atoms with van der Waals surface area (Å²) in [5.74, 6) is 0.389. The number of carbonyl (C=O) groups excluding carboxylic acids is 2. The number of nitrogens with zero attached hydrogens (tertiary/aromatic N) is 1. The van der Waals surface area contributed by atoms with Crippen LogP contribution in [0, 0.1) is 0 Å². The molecular weight excluding hydrogens is 256 g/mol. The van der Waals surface area contributed by atoms with Gasteiger partial charge in [-0.15, -0.1) is 0 Å². The predicted molar refractivity (Wildman–Crippen MR) is 66.6 cm³/mol. The number of halogens is 1. The number of amides is 3. The van der Waals surface area contributed by atoms with Crippen LogP contribution < -0.4 is 10.1 Å². The summed E-state index contributed by atoms with van der Waals surface area (Å²) in [5, 5.41) is 3.09. The fourth-order valence-corrected chi connectivity index (χ4v) is 2.05. The van der Waals surface area contributed by atoms with Crippen LogP contribution in [0.3, 0.4) is 0 Å². The van der Waals surface area contributed by atoms with Crippen molar-refractivity contribution in [1.82, 2.24) is 10.2 Å². The number of carbonyl (C=O) groups is 2. The Labute approximate surface area is 110 Å². The first-order valence-corrected chi connectivity index (χ1v) is 5.90. The van der Waals surface area contributed by atoms with E-state index in [1.165, 1.54) is 12.0 Å². The smallest absolute Gasteiger partial charge is 0.324 e. The highest BCUT2D eigenvalue weighted by atomic mass is 35.5. The fourth-order valence-electron chi connectivity index (χ4n) is 1.77. The van der Waals surface area contributed by atoms with E-state index in [1.54, 1.807) is 18.2 Å². The van der Waals surface area contributed by atoms with Gasteiger partial charge in [-0.25, -0.2) is 4.79 Å². The topological polar surface area (TPSA) is 58.6 Å². The van der Waals surface area contributed by atoms with Crippen LogP contribution in [0.25, 0.3) is 0 Å². The van der Waals surface area contributed by atoms with Gasteiger partial charge in [0.25, 0.3) is 0 Å². The molecule has 5 nitrogen and oxygen atoms in total. The van der Waals surface area contributed by atoms with Crippen LogP contribution in [0.2, 0.25) is 5.02 Å². The van der Waals surface area contributed by atoms with Crippen molar-refractivity contribution in [3.63, 3.8) is 0 Å². The average molecular weight is 269 g/mol. The summed E-state index contributed by atoms with van der Waals surface area (Å²) < 4.78 is 5.04. The third kappa shape index (κ3) is 2.56. The Bertz CT molecular complexity index is 474. The maximum absolute atomic E-state index is 11.6. The first-order chi connectivity index (χ1) is 8.61. The second kappa shape index (κ2) is 5.27. The zero-order valence-corrected chi connectivity index (χ0v) is 10.7. The number of urea groups is 1. The molecule has 0 aromatic heterocycles. The minimum Gasteiger partial charge on any atom is -0.495 e. The Balaban J connectivity index is 2.15. The van der Waals surface area contributed by atoms with E-state index >= 15 is 0 Å². The summed E-state index contributed by atoms with van der Waals surface area (Å²) in [6, 6.07) is 4.82. The summed E-state index contributed by atoms with van der Waals surface area (Å²) >= 11 is 5.99. The quantitative estimate of drug-likeness (QED) is 0.909. The number of hydrogen-bond donors (Lipinski definition) is 1. The lowest BCUT2D eigenvalue weighted by atomic mass is 10.2. The monoisotopic (exact) mass is 268 g/mol. The Morgan fingerprint density at radius 2 is 2.22 bits per heavy atom. The highest BCUT2D eigenvalue weighted by Crippen LogP contribution is 2.25. The molecule has 0 spiro atoms. The molecule has 1 aromatic rings. The van der Waals surface area contributed by atoms with Gasteiger partial charge in [0.05, 0.1) is 18.7 Å². The second-order valence-corrected chi connectivity index (χ2v) is 4.34. The minimum atomic E-state index is -0.363. The van der Waals surface area contributed by atoms with E-state index in [9.17, 15) is 9.59 Å². The largest absolute Gasteiger partial charge is 0.495 e. The van der Waals surface area contributed by atoms with Crippen molar-refractivity contribution in [3.05, 3.63) is 28.8 Å². The third-order valence-corrected chi connectivity index (χ3v) is 3.01. The number of imide groups is 1. The van der Waals surface area contributed by atoms with Gasteiger partial charge in [-0.05, 0) is 17.7 Å². The van der Waals surface area contributed by atoms with Gasteiger partial charge in [-0.2, -0.15) is 0 Å². The molecule has 0 bridgehead atoms. The van der Waals surface area contributed by atoms with Crippen LogP contribution in [0.15, 0.2) is 18.2 Å². The molecule has 3 amide bonds. The van der Waals surface area contributed by atoms with E-state index in [0.29, 0.717) is 23.7 Å². The predicted octanol–water partition coefficient (Wildman–Crippen LogP) is 1.79. The van der Waals surface area contributed by atoms with E-state index in [-0.39, 0.29) is 18.5 Å². The van der Waals surface area contributed by atoms with Crippen molar-refractivity contribution in [2.24, 2.45) is 0 Å². The van der Waals surface area contributed by atoms with E-state index in [0.717, 1.165) is 5.56 Å². The molecule has 1 heterocycles. The van der Waals surface area contributed by atoms with Crippen LogP contribution in [-0.4, -0.2) is 30.5 Å². The van der Waals surface area contributed by atoms with Gasteiger partial charge in [-0.3, -0.25) is 9.69 Å². The van der Waals surface area contributed by atoms with Crippen LogP contribution >= 0.6 is 11.6 Å². The molecule has 1 N–H and O–H groups in total. The molecule has 2 rings (SSSR count). The number of rotatable bonds is 3. The van der Waals surface area contributed by atoms with Crippen LogP contribution in [-0.2, 0) is 11.3 Å². The first kappa shape index (κ1) is 12.7. The number of ether oxygens (including phenoxy) is 1. The van der Waals surface area contributed by atoms with Crippen molar-refractivity contribution in [2.45, 2.75) is 13.0 Å². The molecule has 6 heteroatoms. The van der Waals surface area contributed by atoms with Gasteiger partial charge >= 0.3 is 6.03 Å². The summed E-state index contributed by atoms with van der Waals surface area (Å²) in [7, 11) is 1.53. The number of methoxy groups -OCH3 is 1. The van der Waals surface area contributed by atoms with Crippen molar-refractivity contribution < 1.29 is 14.3 Å². The van der Waals surface area contributed by atoms with Crippen LogP contribution in [0.4, 0.5) is 4.79 Å². The van der Waals surface area contributed by atoms with Gasteiger partial charge in [0.2, 0.25) is 5.91 Å². The third-order valence-electron chi connectivity index (χ3n) is 2.72. The van der Waals surface area contributed by atoms with E-state index in [2.05, 4.69) is 5.32 Å². The zero-order chi connectivity index (χ0) is 13.1. The van der Waals surface area contributed by atoms with Crippen molar-refractivity contribution in [3.8, 4) is 5.75 Å². The van der Waals surface area contributed by atoms with Gasteiger partial charge in [0.1, 0.15) is 5.75 Å². The summed E-state index contributed by atoms with van der Waals surface area (Å²) in [4.78, 5) is 24.4. The highest BCUT2D eigenvalue weighted by molar-refractivity contribution is 6.32. The average Bonchev–Trinajstić information content (AvgIpc) is 2.34. The lowest BCUT2D eigenvalue weighted by Crippen LogP contribution is -2.49. The minimum absolute atomic E-state index is 0.175. The van der Waals surface area contributed by atoms with Crippen LogP contribution in [0.1, 0.15) is 12.0 Å². The standard InChI is InChI=1S/C12H13ClN2O3/c1-18-10-3-2-8(6-9(10)13)7-15-11(16)4-5-14-12(15)17/h2-3,6H,4-5,7H2,1H3,(H,14,17). The summed E-state index contributed by atoms with van der Waals surface area (Å²) in [6.45, 7) is 0.617. The molecule has 0 unspecified atom stereocenters. The maximum atomic E-state index is 11.6. The highest BCUT2D eigenvalue weighted by Gasteiger charge is 2.25. The second-order valence-electron chi connectivity index (χ2n) is 3.93. The number of benzene rings is 1. The summed E-state index contributed by atoms with van der Waals surface area (Å²) in [5.41, 5.74) is 0.784. The lowest BCUT2D eigenvalue weighted by molar-refractivity contribution is -0.129. The van der Waals surface area contributed by atoms with Gasteiger partial charge in [0.15, 0.2) is 0 Å². The van der Waals surface area contributed by atoms with Gasteiger partial charge < -0.3 is 10.1 Å². The molecule has 1 aliphatic heterocycles. The van der Waals surface area contributed by atoms with E-state index in [1.807, 2.05) is 0 Å². The number of nitrogens with one attached hydrogen (secondary N) is 1. The fraction of sp³-hybridized carbons (Fsp3) is 0.333. The Hall–Kier alpha value is -1.75. The van der Waals surface area contributed by atoms with Crippen molar-refractivity contribution >= 4 is 23.5 Å². The van der Waals surface area contributed by atoms with Crippen molar-refractivity contribution in [1.29, 1.82) is 0 Å². The molecule has 18 heavy (non-hydrogen) atoms. The molecule has 1 saturated heterocycles. The molecule has 1 aliphatic rings. The van der Waals surface area contributed by atoms with E-state index < -0.39 is 0 Å². The Morgan fingerprint density at radius 3 is 2.83 bits per heavy atom. The number of hydrogen-bond acceptors (Lipinski definition) is 3. The van der Waals surface area contributed by atoms with Gasteiger partial charge in [0, 0.05) is 13.0 Å². The first-order valence-electron chi connectivity index (χ1n) is 5.52. The molecule has 1 aromatic carbocycles. The zero-order valence-electron chi connectivity index (χ0n) is 9.90. The summed E-state index contributed by atoms with van der Waals surface area (Å²) in [6.07, 6.45) is 0.329.